The number of halogens is 1. The quantitative estimate of drug-likeness (QED) is 0.736. The van der Waals surface area contributed by atoms with Gasteiger partial charge in [0.25, 0.3) is 0 Å². The minimum absolute atomic E-state index is 0.200. The van der Waals surface area contributed by atoms with Crippen LogP contribution in [0.4, 0.5) is 0 Å². The van der Waals surface area contributed by atoms with Crippen LogP contribution < -0.4 is 5.32 Å². The summed E-state index contributed by atoms with van der Waals surface area (Å²) in [6.45, 7) is 2.88. The summed E-state index contributed by atoms with van der Waals surface area (Å²) in [7, 11) is -2.88. The predicted octanol–water partition coefficient (Wildman–Crippen LogP) is 3.70. The second kappa shape index (κ2) is 7.54. The molecule has 1 heterocycles. The van der Waals surface area contributed by atoms with Gasteiger partial charge in [0.05, 0.1) is 5.75 Å². The standard InChI is InChI=1S/C15H18BrNO2S2/c1-2-21(18,19)10-9-17-11-12-7-8-15(20-12)13-5-3-4-6-14(13)16/h3-8,17H,2,9-11H2,1H3. The average molecular weight is 388 g/mol. The van der Waals surface area contributed by atoms with E-state index >= 15 is 0 Å². The Morgan fingerprint density at radius 2 is 1.95 bits per heavy atom. The van der Waals surface area contributed by atoms with Gasteiger partial charge >= 0.3 is 0 Å². The Morgan fingerprint density at radius 3 is 2.67 bits per heavy atom. The van der Waals surface area contributed by atoms with Gasteiger partial charge in [0.2, 0.25) is 0 Å². The number of benzene rings is 1. The first-order valence-corrected chi connectivity index (χ1v) is 10.2. The van der Waals surface area contributed by atoms with Gasteiger partial charge in [0.15, 0.2) is 9.84 Å². The third-order valence-corrected chi connectivity index (χ3v) is 6.65. The topological polar surface area (TPSA) is 46.2 Å². The van der Waals surface area contributed by atoms with E-state index in [-0.39, 0.29) is 11.5 Å². The fourth-order valence-corrected chi connectivity index (χ4v) is 4.25. The molecule has 0 aliphatic heterocycles. The lowest BCUT2D eigenvalue weighted by Crippen LogP contribution is -2.23. The zero-order valence-corrected chi connectivity index (χ0v) is 15.0. The number of sulfone groups is 1. The van der Waals surface area contributed by atoms with Crippen LogP contribution in [0.2, 0.25) is 0 Å². The predicted molar refractivity (Wildman–Crippen MR) is 93.5 cm³/mol. The van der Waals surface area contributed by atoms with E-state index in [1.54, 1.807) is 18.3 Å². The zero-order chi connectivity index (χ0) is 15.3. The van der Waals surface area contributed by atoms with E-state index < -0.39 is 9.84 Å². The highest BCUT2D eigenvalue weighted by atomic mass is 79.9. The molecule has 0 unspecified atom stereocenters. The van der Waals surface area contributed by atoms with Crippen molar-refractivity contribution in [1.29, 1.82) is 0 Å². The van der Waals surface area contributed by atoms with Gasteiger partial charge in [-0.2, -0.15) is 0 Å². The maximum Gasteiger partial charge on any atom is 0.151 e. The molecule has 0 fully saturated rings. The Labute approximate surface area is 138 Å². The van der Waals surface area contributed by atoms with Gasteiger partial charge in [0.1, 0.15) is 0 Å². The molecule has 0 aliphatic rings. The van der Waals surface area contributed by atoms with Crippen LogP contribution in [0, 0.1) is 0 Å². The molecule has 21 heavy (non-hydrogen) atoms. The minimum atomic E-state index is -2.88. The van der Waals surface area contributed by atoms with Crippen molar-refractivity contribution in [1.82, 2.24) is 5.32 Å². The smallest absolute Gasteiger partial charge is 0.151 e. The molecule has 3 nitrogen and oxygen atoms in total. The maximum absolute atomic E-state index is 11.4. The van der Waals surface area contributed by atoms with Crippen molar-refractivity contribution < 1.29 is 8.42 Å². The molecule has 1 N–H and O–H groups in total. The van der Waals surface area contributed by atoms with E-state index in [4.69, 9.17) is 0 Å². The van der Waals surface area contributed by atoms with Crippen LogP contribution in [0.3, 0.4) is 0 Å². The molecule has 1 aromatic heterocycles. The van der Waals surface area contributed by atoms with Gasteiger partial charge < -0.3 is 5.32 Å². The Balaban J connectivity index is 1.91. The summed E-state index contributed by atoms with van der Waals surface area (Å²) >= 11 is 5.28. The highest BCUT2D eigenvalue weighted by molar-refractivity contribution is 9.10. The van der Waals surface area contributed by atoms with E-state index in [0.717, 1.165) is 4.47 Å². The first-order valence-electron chi connectivity index (χ1n) is 6.76. The van der Waals surface area contributed by atoms with Gasteiger partial charge in [-0.15, -0.1) is 11.3 Å². The lowest BCUT2D eigenvalue weighted by Gasteiger charge is -2.03. The molecule has 0 saturated carbocycles. The Bertz CT molecular complexity index is 695. The van der Waals surface area contributed by atoms with E-state index in [1.165, 1.54) is 15.3 Å². The van der Waals surface area contributed by atoms with Crippen molar-refractivity contribution in [2.24, 2.45) is 0 Å². The van der Waals surface area contributed by atoms with Gasteiger partial charge in [0, 0.05) is 38.6 Å². The highest BCUT2D eigenvalue weighted by Gasteiger charge is 2.08. The summed E-state index contributed by atoms with van der Waals surface area (Å²) < 4.78 is 23.9. The number of nitrogens with one attached hydrogen (secondary N) is 1. The summed E-state index contributed by atoms with van der Waals surface area (Å²) in [5.74, 6) is 0.409. The molecule has 0 saturated heterocycles. The molecular weight excluding hydrogens is 370 g/mol. The normalized spacial score (nSPS) is 11.7. The molecule has 0 atom stereocenters. The number of hydrogen-bond donors (Lipinski definition) is 1. The summed E-state index contributed by atoms with van der Waals surface area (Å²) in [6, 6.07) is 12.3. The molecule has 0 amide bonds. The van der Waals surface area contributed by atoms with Crippen molar-refractivity contribution in [3.05, 3.63) is 45.7 Å². The van der Waals surface area contributed by atoms with Crippen molar-refractivity contribution in [3.63, 3.8) is 0 Å². The minimum Gasteiger partial charge on any atom is -0.311 e. The van der Waals surface area contributed by atoms with Gasteiger partial charge in [-0.1, -0.05) is 41.1 Å². The van der Waals surface area contributed by atoms with Crippen LogP contribution in [-0.4, -0.2) is 26.5 Å². The lowest BCUT2D eigenvalue weighted by molar-refractivity contribution is 0.592. The second-order valence-electron chi connectivity index (χ2n) is 4.66. The van der Waals surface area contributed by atoms with E-state index in [0.29, 0.717) is 13.1 Å². The van der Waals surface area contributed by atoms with Crippen LogP contribution in [0.25, 0.3) is 10.4 Å². The monoisotopic (exact) mass is 387 g/mol. The van der Waals surface area contributed by atoms with Crippen molar-refractivity contribution in [2.45, 2.75) is 13.5 Å². The molecular formula is C15H18BrNO2S2. The molecule has 0 radical (unpaired) electrons. The first kappa shape index (κ1) is 16.7. The molecule has 6 heteroatoms. The van der Waals surface area contributed by atoms with Crippen LogP contribution in [-0.2, 0) is 16.4 Å². The highest BCUT2D eigenvalue weighted by Crippen LogP contribution is 2.33. The second-order valence-corrected chi connectivity index (χ2v) is 9.15. The van der Waals surface area contributed by atoms with Crippen molar-refractivity contribution in [2.75, 3.05) is 18.1 Å². The van der Waals surface area contributed by atoms with Crippen LogP contribution in [0.15, 0.2) is 40.9 Å². The molecule has 1 aromatic carbocycles. The lowest BCUT2D eigenvalue weighted by atomic mass is 10.2. The third kappa shape index (κ3) is 4.92. The Morgan fingerprint density at radius 1 is 1.19 bits per heavy atom. The van der Waals surface area contributed by atoms with Gasteiger partial charge in [-0.3, -0.25) is 0 Å². The summed E-state index contributed by atoms with van der Waals surface area (Å²) in [5, 5.41) is 3.19. The van der Waals surface area contributed by atoms with Crippen molar-refractivity contribution >= 4 is 37.1 Å². The maximum atomic E-state index is 11.4. The number of rotatable bonds is 7. The molecule has 0 aliphatic carbocycles. The SMILES string of the molecule is CCS(=O)(=O)CCNCc1ccc(-c2ccccc2Br)s1. The number of hydrogen-bond acceptors (Lipinski definition) is 4. The van der Waals surface area contributed by atoms with Crippen LogP contribution in [0.5, 0.6) is 0 Å². The molecule has 2 aromatic rings. The van der Waals surface area contributed by atoms with E-state index in [9.17, 15) is 8.42 Å². The van der Waals surface area contributed by atoms with Gasteiger partial charge in [-0.05, 0) is 18.2 Å². The summed E-state index contributed by atoms with van der Waals surface area (Å²) in [4.78, 5) is 2.41. The average Bonchev–Trinajstić information content (AvgIpc) is 2.93. The molecule has 0 bridgehead atoms. The molecule has 2 rings (SSSR count). The molecule has 114 valence electrons. The van der Waals surface area contributed by atoms with Crippen LogP contribution >= 0.6 is 27.3 Å². The fraction of sp³-hybridized carbons (Fsp3) is 0.333. The Kier molecular flexibility index (Phi) is 5.98. The third-order valence-electron chi connectivity index (χ3n) is 3.13. The Hall–Kier alpha value is -0.690. The molecule has 0 spiro atoms. The largest absolute Gasteiger partial charge is 0.311 e. The van der Waals surface area contributed by atoms with E-state index in [1.807, 2.05) is 18.2 Å². The van der Waals surface area contributed by atoms with Crippen molar-refractivity contribution in [3.8, 4) is 10.4 Å². The first-order chi connectivity index (χ1) is 10.0. The van der Waals surface area contributed by atoms with Gasteiger partial charge in [-0.25, -0.2) is 8.42 Å². The summed E-state index contributed by atoms with van der Waals surface area (Å²) in [6.07, 6.45) is 0. The van der Waals surface area contributed by atoms with Crippen LogP contribution in [0.1, 0.15) is 11.8 Å². The fourth-order valence-electron chi connectivity index (χ4n) is 1.86. The van der Waals surface area contributed by atoms with E-state index in [2.05, 4.69) is 39.4 Å². The summed E-state index contributed by atoms with van der Waals surface area (Å²) in [5.41, 5.74) is 1.18. The number of thiophene rings is 1. The zero-order valence-electron chi connectivity index (χ0n) is 11.8.